The Labute approximate surface area is 193 Å². The normalized spacial score (nSPS) is 11.9. The number of aryl methyl sites for hydroxylation is 1. The third kappa shape index (κ3) is 4.49. The van der Waals surface area contributed by atoms with Gasteiger partial charge in [0.05, 0.1) is 29.9 Å². The van der Waals surface area contributed by atoms with Gasteiger partial charge in [0, 0.05) is 28.9 Å². The smallest absolute Gasteiger partial charge is 0.392 e. The first-order chi connectivity index (χ1) is 16.1. The second kappa shape index (κ2) is 8.86. The van der Waals surface area contributed by atoms with E-state index in [4.69, 9.17) is 0 Å². The monoisotopic (exact) mass is 469 g/mol. The SMILES string of the molecule is Cc1cn(-c2ccc(-c3nc(C(=O)c4cccc(C(F)(F)F)c4)n(C(C)C)n3)cc2CO)cn1. The molecule has 4 rings (SSSR count). The third-order valence-corrected chi connectivity index (χ3v) is 5.27. The van der Waals surface area contributed by atoms with Crippen molar-refractivity contribution in [3.05, 3.63) is 83.2 Å². The molecule has 34 heavy (non-hydrogen) atoms. The number of benzene rings is 2. The van der Waals surface area contributed by atoms with Gasteiger partial charge in [-0.05, 0) is 51.1 Å². The molecule has 0 fully saturated rings. The minimum Gasteiger partial charge on any atom is -0.392 e. The highest BCUT2D eigenvalue weighted by atomic mass is 19.4. The molecule has 0 spiro atoms. The van der Waals surface area contributed by atoms with Crippen LogP contribution in [0.4, 0.5) is 13.2 Å². The van der Waals surface area contributed by atoms with Gasteiger partial charge in [0.15, 0.2) is 11.6 Å². The van der Waals surface area contributed by atoms with E-state index in [1.165, 1.54) is 16.8 Å². The van der Waals surface area contributed by atoms with Crippen LogP contribution in [0.1, 0.15) is 52.9 Å². The van der Waals surface area contributed by atoms with Gasteiger partial charge >= 0.3 is 6.18 Å². The first-order valence-electron chi connectivity index (χ1n) is 10.5. The summed E-state index contributed by atoms with van der Waals surface area (Å²) in [6.07, 6.45) is -1.10. The fourth-order valence-electron chi connectivity index (χ4n) is 3.58. The number of aliphatic hydroxyl groups is 1. The number of rotatable bonds is 6. The first kappa shape index (κ1) is 23.4. The van der Waals surface area contributed by atoms with Crippen LogP contribution in [0.25, 0.3) is 17.1 Å². The van der Waals surface area contributed by atoms with Crippen molar-refractivity contribution >= 4 is 5.78 Å². The van der Waals surface area contributed by atoms with E-state index < -0.39 is 17.5 Å². The van der Waals surface area contributed by atoms with Crippen molar-refractivity contribution in [2.45, 2.75) is 39.6 Å². The van der Waals surface area contributed by atoms with Gasteiger partial charge in [0.2, 0.25) is 5.78 Å². The van der Waals surface area contributed by atoms with Crippen LogP contribution in [0.3, 0.4) is 0 Å². The van der Waals surface area contributed by atoms with E-state index >= 15 is 0 Å². The number of alkyl halides is 3. The van der Waals surface area contributed by atoms with E-state index in [-0.39, 0.29) is 29.9 Å². The van der Waals surface area contributed by atoms with E-state index in [1.807, 2.05) is 13.1 Å². The Hall–Kier alpha value is -3.79. The highest BCUT2D eigenvalue weighted by molar-refractivity contribution is 6.07. The number of imidazole rings is 1. The second-order valence-electron chi connectivity index (χ2n) is 8.13. The van der Waals surface area contributed by atoms with Crippen molar-refractivity contribution < 1.29 is 23.1 Å². The number of hydrogen-bond acceptors (Lipinski definition) is 5. The number of ketones is 1. The molecular weight excluding hydrogens is 447 g/mol. The molecule has 0 saturated carbocycles. The average molecular weight is 469 g/mol. The van der Waals surface area contributed by atoms with Crippen LogP contribution >= 0.6 is 0 Å². The van der Waals surface area contributed by atoms with Crippen LogP contribution in [0, 0.1) is 6.92 Å². The largest absolute Gasteiger partial charge is 0.416 e. The Morgan fingerprint density at radius 3 is 2.53 bits per heavy atom. The molecule has 1 N–H and O–H groups in total. The van der Waals surface area contributed by atoms with Crippen LogP contribution in [0.5, 0.6) is 0 Å². The van der Waals surface area contributed by atoms with E-state index in [1.54, 1.807) is 42.9 Å². The highest BCUT2D eigenvalue weighted by Gasteiger charge is 2.31. The first-order valence-corrected chi connectivity index (χ1v) is 10.5. The summed E-state index contributed by atoms with van der Waals surface area (Å²) in [6.45, 7) is 5.20. The lowest BCUT2D eigenvalue weighted by atomic mass is 10.1. The maximum absolute atomic E-state index is 13.1. The lowest BCUT2D eigenvalue weighted by Crippen LogP contribution is -2.15. The number of aliphatic hydroxyl groups excluding tert-OH is 1. The van der Waals surface area contributed by atoms with Crippen molar-refractivity contribution in [1.82, 2.24) is 24.3 Å². The molecule has 0 amide bonds. The van der Waals surface area contributed by atoms with Crippen LogP contribution in [-0.2, 0) is 12.8 Å². The Bertz CT molecular complexity index is 1350. The molecule has 7 nitrogen and oxygen atoms in total. The number of hydrogen-bond donors (Lipinski definition) is 1. The minimum atomic E-state index is -4.57. The van der Waals surface area contributed by atoms with Gasteiger partial charge in [-0.1, -0.05) is 12.1 Å². The van der Waals surface area contributed by atoms with Gasteiger partial charge < -0.3 is 9.67 Å². The van der Waals surface area contributed by atoms with Gasteiger partial charge in [-0.25, -0.2) is 14.6 Å². The lowest BCUT2D eigenvalue weighted by Gasteiger charge is -2.10. The molecule has 0 aliphatic carbocycles. The molecule has 0 bridgehead atoms. The fourth-order valence-corrected chi connectivity index (χ4v) is 3.58. The predicted octanol–water partition coefficient (Wildman–Crippen LogP) is 4.76. The van der Waals surface area contributed by atoms with E-state index in [9.17, 15) is 23.1 Å². The fraction of sp³-hybridized carbons (Fsp3) is 0.250. The standard InChI is InChI=1S/C24H22F3N5O2/c1-14(2)32-23(21(34)16-5-4-6-19(10-16)24(25,26)27)29-22(30-32)17-7-8-20(18(9-17)12-33)31-11-15(3)28-13-31/h4-11,13-14,33H,12H2,1-3H3. The summed E-state index contributed by atoms with van der Waals surface area (Å²) in [5.74, 6) is -0.497. The number of halogens is 3. The van der Waals surface area contributed by atoms with Gasteiger partial charge in [0.1, 0.15) is 0 Å². The quantitative estimate of drug-likeness (QED) is 0.412. The average Bonchev–Trinajstić information content (AvgIpc) is 3.44. The van der Waals surface area contributed by atoms with Gasteiger partial charge in [-0.3, -0.25) is 4.79 Å². The topological polar surface area (TPSA) is 85.8 Å². The highest BCUT2D eigenvalue weighted by Crippen LogP contribution is 2.30. The van der Waals surface area contributed by atoms with Crippen molar-refractivity contribution in [2.75, 3.05) is 0 Å². The number of nitrogens with zero attached hydrogens (tertiary/aromatic N) is 5. The van der Waals surface area contributed by atoms with Crippen molar-refractivity contribution in [3.63, 3.8) is 0 Å². The molecule has 0 atom stereocenters. The summed E-state index contributed by atoms with van der Waals surface area (Å²) in [7, 11) is 0. The molecular formula is C24H22F3N5O2. The summed E-state index contributed by atoms with van der Waals surface area (Å²) < 4.78 is 42.6. The van der Waals surface area contributed by atoms with E-state index in [0.717, 1.165) is 23.5 Å². The Morgan fingerprint density at radius 1 is 1.15 bits per heavy atom. The number of carbonyl (C=O) groups is 1. The Morgan fingerprint density at radius 2 is 1.91 bits per heavy atom. The molecule has 0 aliphatic rings. The predicted molar refractivity (Wildman–Crippen MR) is 119 cm³/mol. The van der Waals surface area contributed by atoms with Crippen LogP contribution in [0.2, 0.25) is 0 Å². The molecule has 10 heteroatoms. The third-order valence-electron chi connectivity index (χ3n) is 5.27. The summed E-state index contributed by atoms with van der Waals surface area (Å²) in [4.78, 5) is 21.7. The Balaban J connectivity index is 1.75. The van der Waals surface area contributed by atoms with Crippen molar-refractivity contribution in [2.24, 2.45) is 0 Å². The maximum atomic E-state index is 13.1. The zero-order chi connectivity index (χ0) is 24.6. The molecule has 0 saturated heterocycles. The summed E-state index contributed by atoms with van der Waals surface area (Å²) in [6, 6.07) is 9.22. The second-order valence-corrected chi connectivity index (χ2v) is 8.13. The molecule has 4 aromatic rings. The molecule has 0 radical (unpaired) electrons. The number of carbonyl (C=O) groups excluding carboxylic acids is 1. The molecule has 2 aromatic heterocycles. The van der Waals surface area contributed by atoms with Gasteiger partial charge in [-0.2, -0.15) is 18.3 Å². The minimum absolute atomic E-state index is 0.0656. The molecule has 0 aliphatic heterocycles. The van der Waals surface area contributed by atoms with E-state index in [2.05, 4.69) is 15.1 Å². The van der Waals surface area contributed by atoms with Gasteiger partial charge in [0.25, 0.3) is 0 Å². The van der Waals surface area contributed by atoms with Crippen LogP contribution in [0.15, 0.2) is 55.0 Å². The van der Waals surface area contributed by atoms with Crippen molar-refractivity contribution in [3.8, 4) is 17.1 Å². The zero-order valence-electron chi connectivity index (χ0n) is 18.7. The molecule has 176 valence electrons. The van der Waals surface area contributed by atoms with Crippen LogP contribution in [-0.4, -0.2) is 35.2 Å². The summed E-state index contributed by atoms with van der Waals surface area (Å²) >= 11 is 0. The zero-order valence-corrected chi connectivity index (χ0v) is 18.7. The van der Waals surface area contributed by atoms with Crippen molar-refractivity contribution in [1.29, 1.82) is 0 Å². The molecule has 2 heterocycles. The van der Waals surface area contributed by atoms with Gasteiger partial charge in [-0.15, -0.1) is 0 Å². The Kier molecular flexibility index (Phi) is 6.09. The lowest BCUT2D eigenvalue weighted by molar-refractivity contribution is -0.137. The van der Waals surface area contributed by atoms with Crippen LogP contribution < -0.4 is 0 Å². The maximum Gasteiger partial charge on any atom is 0.416 e. The molecule has 2 aromatic carbocycles. The number of aromatic nitrogens is 5. The molecule has 0 unspecified atom stereocenters. The summed E-state index contributed by atoms with van der Waals surface area (Å²) in [5.41, 5.74) is 1.67. The summed E-state index contributed by atoms with van der Waals surface area (Å²) in [5, 5.41) is 14.4. The van der Waals surface area contributed by atoms with E-state index in [0.29, 0.717) is 11.1 Å².